The van der Waals surface area contributed by atoms with Crippen molar-refractivity contribution >= 4 is 33.4 Å². The molecule has 0 aliphatic carbocycles. The molecule has 16 heteroatoms. The Morgan fingerprint density at radius 3 is 1.96 bits per heavy atom. The summed E-state index contributed by atoms with van der Waals surface area (Å²) >= 11 is 0. The van der Waals surface area contributed by atoms with Gasteiger partial charge in [0, 0.05) is 69.0 Å². The third-order valence-electron chi connectivity index (χ3n) is 15.4. The molecule has 4 heterocycles. The van der Waals surface area contributed by atoms with Crippen LogP contribution in [0.15, 0.2) is 91.0 Å². The average molecular weight is 1060 g/mol. The maximum Gasteiger partial charge on any atom is 0.272 e. The SMILES string of the molecule is CCC(=O)CCCN(CCOCCOCCOC)c1cc(COc2cc3c(cc2C)C(=O)N2Cc4ccccc4C[C@H]2C(S(=O)(=O)OC)C3)cc(COc2cc3c(cc2OC)C(=O)N2Cc4ccccc4C[C@H]2CC3)c1. The molecule has 15 nitrogen and oxygen atoms in total. The average Bonchev–Trinajstić information content (AvgIpc) is 3.65. The van der Waals surface area contributed by atoms with Crippen molar-refractivity contribution in [3.63, 3.8) is 0 Å². The van der Waals surface area contributed by atoms with E-state index >= 15 is 0 Å². The molecule has 0 spiro atoms. The summed E-state index contributed by atoms with van der Waals surface area (Å²) in [6, 6.07) is 29.3. The van der Waals surface area contributed by atoms with Crippen molar-refractivity contribution in [3.8, 4) is 17.2 Å². The summed E-state index contributed by atoms with van der Waals surface area (Å²) in [5, 5.41) is -1.00. The lowest BCUT2D eigenvalue weighted by atomic mass is 9.91. The van der Waals surface area contributed by atoms with Gasteiger partial charge in [0.1, 0.15) is 30.0 Å². The standard InChI is InChI=1S/C60H71N3O12S/c1-6-51(64)16-11-19-61(20-21-72-24-25-73-23-22-69-3)50-28-41(27-42(29-50)39-75-57-32-45-17-18-49-30-43-12-7-9-14-46(43)36-62(49)59(65)53(45)35-56(57)70-4)38-74-55-33-48-34-58(76(67,68)71-5)54-31-44-13-8-10-15-47(44)37-63(54)60(66)52(48)26-40(55)2/h7-10,12-15,26-29,32-33,35,49,54,58H,6,11,16-25,30-31,34,36-39H2,1-5H3/t49-,54+,58?/m1/s1. The van der Waals surface area contributed by atoms with Crippen molar-refractivity contribution in [1.82, 2.24) is 9.80 Å². The smallest absolute Gasteiger partial charge is 0.272 e. The third-order valence-corrected chi connectivity index (χ3v) is 17.1. The number of methoxy groups -OCH3 is 2. The zero-order chi connectivity index (χ0) is 53.3. The summed E-state index contributed by atoms with van der Waals surface area (Å²) in [7, 11) is 0.320. The van der Waals surface area contributed by atoms with E-state index < -0.39 is 21.4 Å². The number of anilines is 1. The number of nitrogens with zero attached hydrogens (tertiary/aromatic N) is 3. The van der Waals surface area contributed by atoms with E-state index in [9.17, 15) is 22.8 Å². The van der Waals surface area contributed by atoms with Gasteiger partial charge in [-0.15, -0.1) is 0 Å². The Hall–Kier alpha value is -6.30. The quantitative estimate of drug-likeness (QED) is 0.0429. The number of hydrogen-bond donors (Lipinski definition) is 0. The predicted molar refractivity (Wildman–Crippen MR) is 289 cm³/mol. The van der Waals surface area contributed by atoms with Crippen LogP contribution < -0.4 is 19.1 Å². The summed E-state index contributed by atoms with van der Waals surface area (Å²) in [5.41, 5.74) is 10.3. The molecule has 0 aromatic heterocycles. The zero-order valence-corrected chi connectivity index (χ0v) is 45.3. The molecule has 0 bridgehead atoms. The predicted octanol–water partition coefficient (Wildman–Crippen LogP) is 8.39. The minimum atomic E-state index is -4.08. The maximum atomic E-state index is 14.5. The van der Waals surface area contributed by atoms with E-state index in [-0.39, 0.29) is 43.3 Å². The molecular formula is C60H71N3O12S. The monoisotopic (exact) mass is 1060 g/mol. The van der Waals surface area contributed by atoms with Crippen LogP contribution in [-0.4, -0.2) is 121 Å². The van der Waals surface area contributed by atoms with Gasteiger partial charge in [0.2, 0.25) is 0 Å². The molecule has 2 amide bonds. The number of carbonyl (C=O) groups excluding carboxylic acids is 3. The van der Waals surface area contributed by atoms with E-state index in [0.29, 0.717) is 125 Å². The number of hydrogen-bond acceptors (Lipinski definition) is 13. The topological polar surface area (TPSA) is 160 Å². The first-order valence-corrected chi connectivity index (χ1v) is 28.0. The molecule has 0 fully saturated rings. The number of aryl methyl sites for hydroxylation is 2. The van der Waals surface area contributed by atoms with Gasteiger partial charge in [-0.2, -0.15) is 8.42 Å². The number of ketones is 1. The molecule has 3 atom stereocenters. The molecule has 0 saturated carbocycles. The molecule has 76 heavy (non-hydrogen) atoms. The van der Waals surface area contributed by atoms with Crippen LogP contribution in [0.4, 0.5) is 5.69 Å². The number of ether oxygens (including phenoxy) is 6. The van der Waals surface area contributed by atoms with Crippen molar-refractivity contribution in [3.05, 3.63) is 152 Å². The van der Waals surface area contributed by atoms with Crippen LogP contribution in [0, 0.1) is 6.92 Å². The second-order valence-corrected chi connectivity index (χ2v) is 22.1. The van der Waals surface area contributed by atoms with Crippen molar-refractivity contribution in [1.29, 1.82) is 0 Å². The highest BCUT2D eigenvalue weighted by Crippen LogP contribution is 2.39. The Bertz CT molecular complexity index is 3020. The van der Waals surface area contributed by atoms with E-state index in [1.807, 2.05) is 79.4 Å². The molecule has 9 rings (SSSR count). The highest BCUT2D eigenvalue weighted by molar-refractivity contribution is 7.87. The number of benzene rings is 5. The van der Waals surface area contributed by atoms with Gasteiger partial charge in [-0.1, -0.05) is 55.5 Å². The minimum absolute atomic E-state index is 0.00423. The summed E-state index contributed by atoms with van der Waals surface area (Å²) < 4.78 is 68.6. The molecule has 4 aliphatic rings. The van der Waals surface area contributed by atoms with Crippen molar-refractivity contribution < 1.29 is 55.4 Å². The van der Waals surface area contributed by atoms with Crippen molar-refractivity contribution in [2.75, 3.05) is 72.4 Å². The van der Waals surface area contributed by atoms with Crippen molar-refractivity contribution in [2.24, 2.45) is 0 Å². The summed E-state index contributed by atoms with van der Waals surface area (Å²) in [5.74, 6) is 1.48. The van der Waals surface area contributed by atoms with Crippen molar-refractivity contribution in [2.45, 2.75) is 109 Å². The van der Waals surface area contributed by atoms with E-state index in [0.717, 1.165) is 51.9 Å². The fraction of sp³-hybridized carbons (Fsp3) is 0.450. The molecule has 0 N–H and O–H groups in total. The number of amides is 2. The molecule has 4 aliphatic heterocycles. The van der Waals surface area contributed by atoms with Gasteiger partial charge in [-0.3, -0.25) is 18.6 Å². The lowest BCUT2D eigenvalue weighted by Crippen LogP contribution is -2.52. The van der Waals surface area contributed by atoms with Crippen LogP contribution >= 0.6 is 0 Å². The Kier molecular flexibility index (Phi) is 17.8. The van der Waals surface area contributed by atoms with Crippen LogP contribution in [-0.2, 0) is 85.3 Å². The molecular weight excluding hydrogens is 987 g/mol. The van der Waals surface area contributed by atoms with Gasteiger partial charge >= 0.3 is 0 Å². The normalized spacial score (nSPS) is 17.8. The van der Waals surface area contributed by atoms with Gasteiger partial charge in [0.25, 0.3) is 21.9 Å². The second kappa shape index (κ2) is 24.8. The zero-order valence-electron chi connectivity index (χ0n) is 44.5. The van der Waals surface area contributed by atoms with E-state index in [4.69, 9.17) is 32.6 Å². The van der Waals surface area contributed by atoms with Gasteiger partial charge in [0.15, 0.2) is 11.5 Å². The first-order valence-electron chi connectivity index (χ1n) is 26.6. The van der Waals surface area contributed by atoms with Crippen LogP contribution in [0.25, 0.3) is 0 Å². The number of Topliss-reactive ketones (excluding diaryl/α,β-unsaturated/α-hetero) is 1. The van der Waals surface area contributed by atoms with Crippen LogP contribution in [0.3, 0.4) is 0 Å². The highest BCUT2D eigenvalue weighted by Gasteiger charge is 2.45. The molecule has 0 saturated heterocycles. The Labute approximate surface area is 447 Å². The lowest BCUT2D eigenvalue weighted by molar-refractivity contribution is -0.118. The van der Waals surface area contributed by atoms with E-state index in [1.165, 1.54) is 18.2 Å². The molecule has 0 radical (unpaired) electrons. The van der Waals surface area contributed by atoms with Gasteiger partial charge in [-0.25, -0.2) is 0 Å². The Morgan fingerprint density at radius 1 is 0.658 bits per heavy atom. The summed E-state index contributed by atoms with van der Waals surface area (Å²) in [4.78, 5) is 47.2. The Morgan fingerprint density at radius 2 is 1.28 bits per heavy atom. The number of carbonyl (C=O) groups is 3. The number of fused-ring (bicyclic) bond motifs is 6. The van der Waals surface area contributed by atoms with Gasteiger partial charge < -0.3 is 43.1 Å². The molecule has 1 unspecified atom stereocenters. The van der Waals surface area contributed by atoms with E-state index in [1.54, 1.807) is 19.1 Å². The molecule has 5 aromatic rings. The first-order chi connectivity index (χ1) is 36.9. The van der Waals surface area contributed by atoms with E-state index in [2.05, 4.69) is 35.2 Å². The fourth-order valence-electron chi connectivity index (χ4n) is 11.2. The largest absolute Gasteiger partial charge is 0.493 e. The van der Waals surface area contributed by atoms with Crippen LogP contribution in [0.5, 0.6) is 17.2 Å². The third kappa shape index (κ3) is 12.4. The lowest BCUT2D eigenvalue weighted by Gasteiger charge is -2.38. The summed E-state index contributed by atoms with van der Waals surface area (Å²) in [6.45, 7) is 8.29. The molecule has 5 aromatic carbocycles. The molecule has 404 valence electrons. The fourth-order valence-corrected chi connectivity index (χ4v) is 12.4. The minimum Gasteiger partial charge on any atom is -0.493 e. The Balaban J connectivity index is 0.998. The van der Waals surface area contributed by atoms with Crippen LogP contribution in [0.2, 0.25) is 0 Å². The highest BCUT2D eigenvalue weighted by atomic mass is 32.2. The second-order valence-electron chi connectivity index (χ2n) is 20.2. The number of rotatable bonds is 24. The van der Waals surface area contributed by atoms with Crippen LogP contribution in [0.1, 0.15) is 103 Å². The maximum absolute atomic E-state index is 14.5. The summed E-state index contributed by atoms with van der Waals surface area (Å²) in [6.07, 6.45) is 4.39. The van der Waals surface area contributed by atoms with Gasteiger partial charge in [0.05, 0.1) is 53.3 Å². The first kappa shape index (κ1) is 54.5. The van der Waals surface area contributed by atoms with Gasteiger partial charge in [-0.05, 0) is 138 Å².